The van der Waals surface area contributed by atoms with Gasteiger partial charge in [-0.15, -0.1) is 0 Å². The van der Waals surface area contributed by atoms with Crippen molar-refractivity contribution in [2.45, 2.75) is 6.92 Å². The summed E-state index contributed by atoms with van der Waals surface area (Å²) in [5.41, 5.74) is 0.789. The molecule has 98 valence electrons. The summed E-state index contributed by atoms with van der Waals surface area (Å²) in [5, 5.41) is 0.436. The molecule has 0 bridgehead atoms. The van der Waals surface area contributed by atoms with Gasteiger partial charge in [0.2, 0.25) is 0 Å². The van der Waals surface area contributed by atoms with Crippen LogP contribution in [0.3, 0.4) is 0 Å². The quantitative estimate of drug-likeness (QED) is 0.364. The zero-order valence-corrected chi connectivity index (χ0v) is 11.4. The molecule has 0 unspecified atom stereocenters. The highest BCUT2D eigenvalue weighted by atomic mass is 35.5. The van der Waals surface area contributed by atoms with Crippen LogP contribution in [-0.2, 0) is 9.47 Å². The van der Waals surface area contributed by atoms with E-state index < -0.39 is 0 Å². The molecule has 0 aromatic carbocycles. The van der Waals surface area contributed by atoms with E-state index in [1.165, 1.54) is 0 Å². The Labute approximate surface area is 112 Å². The Morgan fingerprint density at radius 1 is 1.39 bits per heavy atom. The molecule has 0 amide bonds. The zero-order chi connectivity index (χ0) is 13.4. The van der Waals surface area contributed by atoms with Gasteiger partial charge in [0.1, 0.15) is 11.8 Å². The number of methoxy groups -OCH3 is 1. The molecular weight excluding hydrogens is 254 g/mol. The Hall–Kier alpha value is -1.46. The Bertz CT molecular complexity index is 429. The average Bonchev–Trinajstić information content (AvgIpc) is 2.37. The van der Waals surface area contributed by atoms with E-state index in [9.17, 15) is 0 Å². The second-order valence-corrected chi connectivity index (χ2v) is 3.78. The summed E-state index contributed by atoms with van der Waals surface area (Å²) in [7, 11) is 3.28. The first kappa shape index (κ1) is 14.6. The lowest BCUT2D eigenvalue weighted by atomic mass is 10.2. The minimum Gasteiger partial charge on any atom is -0.478 e. The van der Waals surface area contributed by atoms with Crippen LogP contribution in [-0.4, -0.2) is 44.1 Å². The van der Waals surface area contributed by atoms with Crippen molar-refractivity contribution >= 4 is 23.3 Å². The van der Waals surface area contributed by atoms with Crippen LogP contribution in [0.5, 0.6) is 0 Å². The molecule has 0 N–H and O–H groups in total. The lowest BCUT2D eigenvalue weighted by molar-refractivity contribution is 0.141. The summed E-state index contributed by atoms with van der Waals surface area (Å²) in [6.07, 6.45) is 1.62. The lowest BCUT2D eigenvalue weighted by Gasteiger charge is -2.05. The first-order valence-corrected chi connectivity index (χ1v) is 5.81. The minimum atomic E-state index is 0.436. The number of nitrogens with zero attached hydrogens (tertiary/aromatic N) is 3. The van der Waals surface area contributed by atoms with Crippen molar-refractivity contribution in [1.29, 1.82) is 0 Å². The topological polar surface area (TPSA) is 56.1 Å². The van der Waals surface area contributed by atoms with Crippen molar-refractivity contribution in [3.05, 3.63) is 29.0 Å². The van der Waals surface area contributed by atoms with Crippen LogP contribution >= 0.6 is 11.6 Å². The summed E-state index contributed by atoms with van der Waals surface area (Å²) in [6, 6.07) is 3.50. The molecule has 5 nitrogen and oxygen atoms in total. The number of aliphatic imine (C=N–C) groups is 2. The molecule has 0 fully saturated rings. The first-order valence-electron chi connectivity index (χ1n) is 5.43. The van der Waals surface area contributed by atoms with Crippen LogP contribution in [0.25, 0.3) is 0 Å². The summed E-state index contributed by atoms with van der Waals surface area (Å²) >= 11 is 5.72. The number of pyridine rings is 1. The molecule has 0 aliphatic carbocycles. The van der Waals surface area contributed by atoms with Crippen molar-refractivity contribution in [1.82, 2.24) is 4.98 Å². The molecule has 6 heteroatoms. The number of rotatable bonds is 4. The zero-order valence-electron chi connectivity index (χ0n) is 10.7. The standard InChI is InChI=1S/C12H16ClN3O2/c1-9(18-7-6-17-3)16-12(14-2)10-4-5-11(13)15-8-10/h4-5,8H,6-7H2,1-3H3. The monoisotopic (exact) mass is 269 g/mol. The second kappa shape index (κ2) is 7.79. The number of halogens is 1. The molecule has 0 saturated carbocycles. The normalized spacial score (nSPS) is 12.7. The molecule has 0 spiro atoms. The van der Waals surface area contributed by atoms with Crippen molar-refractivity contribution < 1.29 is 9.47 Å². The SMILES string of the molecule is CN=C(N=C(C)OCCOC)c1ccc(Cl)nc1. The van der Waals surface area contributed by atoms with E-state index in [0.29, 0.717) is 30.1 Å². The van der Waals surface area contributed by atoms with Gasteiger partial charge in [-0.2, -0.15) is 4.99 Å². The number of amidine groups is 1. The van der Waals surface area contributed by atoms with Crippen molar-refractivity contribution in [2.75, 3.05) is 27.4 Å². The third-order valence-corrected chi connectivity index (χ3v) is 2.28. The number of hydrogen-bond acceptors (Lipinski definition) is 4. The highest BCUT2D eigenvalue weighted by Crippen LogP contribution is 2.07. The maximum atomic E-state index is 5.72. The maximum absolute atomic E-state index is 5.72. The number of aromatic nitrogens is 1. The smallest absolute Gasteiger partial charge is 0.186 e. The predicted octanol–water partition coefficient (Wildman–Crippen LogP) is 2.19. The van der Waals surface area contributed by atoms with Crippen molar-refractivity contribution in [3.63, 3.8) is 0 Å². The molecule has 0 atom stereocenters. The van der Waals surface area contributed by atoms with Gasteiger partial charge in [-0.05, 0) is 12.1 Å². The molecule has 0 saturated heterocycles. The summed E-state index contributed by atoms with van der Waals surface area (Å²) in [6.45, 7) is 2.75. The largest absolute Gasteiger partial charge is 0.478 e. The Morgan fingerprint density at radius 3 is 2.72 bits per heavy atom. The molecule has 1 heterocycles. The van der Waals surface area contributed by atoms with Crippen molar-refractivity contribution in [3.8, 4) is 0 Å². The van der Waals surface area contributed by atoms with Gasteiger partial charge < -0.3 is 9.47 Å². The summed E-state index contributed by atoms with van der Waals surface area (Å²) < 4.78 is 10.2. The fourth-order valence-electron chi connectivity index (χ4n) is 1.21. The van der Waals surface area contributed by atoms with Gasteiger partial charge in [0, 0.05) is 32.8 Å². The number of hydrogen-bond donors (Lipinski definition) is 0. The molecule has 1 aromatic rings. The Morgan fingerprint density at radius 2 is 2.17 bits per heavy atom. The molecule has 0 radical (unpaired) electrons. The number of ether oxygens (including phenoxy) is 2. The third kappa shape index (κ3) is 4.81. The maximum Gasteiger partial charge on any atom is 0.186 e. The van der Waals surface area contributed by atoms with E-state index in [0.717, 1.165) is 5.56 Å². The summed E-state index contributed by atoms with van der Waals surface area (Å²) in [4.78, 5) is 12.3. The van der Waals surface area contributed by atoms with Crippen LogP contribution in [0.4, 0.5) is 0 Å². The van der Waals surface area contributed by atoms with Crippen LogP contribution < -0.4 is 0 Å². The van der Waals surface area contributed by atoms with Gasteiger partial charge >= 0.3 is 0 Å². The third-order valence-electron chi connectivity index (χ3n) is 2.06. The Balaban J connectivity index is 2.72. The molecular formula is C12H16ClN3O2. The van der Waals surface area contributed by atoms with Crippen LogP contribution in [0.2, 0.25) is 5.15 Å². The van der Waals surface area contributed by atoms with Gasteiger partial charge in [-0.3, -0.25) is 4.99 Å². The second-order valence-electron chi connectivity index (χ2n) is 3.39. The van der Waals surface area contributed by atoms with Gasteiger partial charge in [-0.1, -0.05) is 11.6 Å². The van der Waals surface area contributed by atoms with Crippen LogP contribution in [0.1, 0.15) is 12.5 Å². The molecule has 1 aromatic heterocycles. The first-order chi connectivity index (χ1) is 8.67. The van der Waals surface area contributed by atoms with Crippen molar-refractivity contribution in [2.24, 2.45) is 9.98 Å². The van der Waals surface area contributed by atoms with Gasteiger partial charge in [0.25, 0.3) is 0 Å². The van der Waals surface area contributed by atoms with Gasteiger partial charge in [0.05, 0.1) is 6.61 Å². The van der Waals surface area contributed by atoms with E-state index in [2.05, 4.69) is 15.0 Å². The fraction of sp³-hybridized carbons (Fsp3) is 0.417. The van der Waals surface area contributed by atoms with E-state index >= 15 is 0 Å². The highest BCUT2D eigenvalue weighted by Gasteiger charge is 2.03. The van der Waals surface area contributed by atoms with Gasteiger partial charge in [0.15, 0.2) is 11.7 Å². The molecule has 0 aliphatic heterocycles. The Kier molecular flexibility index (Phi) is 6.32. The average molecular weight is 270 g/mol. The minimum absolute atomic E-state index is 0.436. The summed E-state index contributed by atoms with van der Waals surface area (Å²) in [5.74, 6) is 1.08. The van der Waals surface area contributed by atoms with E-state index in [1.54, 1.807) is 33.3 Å². The van der Waals surface area contributed by atoms with E-state index in [1.807, 2.05) is 6.07 Å². The van der Waals surface area contributed by atoms with Crippen LogP contribution in [0, 0.1) is 0 Å². The molecule has 0 aliphatic rings. The molecule has 18 heavy (non-hydrogen) atoms. The highest BCUT2D eigenvalue weighted by molar-refractivity contribution is 6.29. The van der Waals surface area contributed by atoms with E-state index in [4.69, 9.17) is 21.1 Å². The predicted molar refractivity (Wildman–Crippen MR) is 72.6 cm³/mol. The molecule has 1 rings (SSSR count). The van der Waals surface area contributed by atoms with Gasteiger partial charge in [-0.25, -0.2) is 4.98 Å². The van der Waals surface area contributed by atoms with Crippen LogP contribution in [0.15, 0.2) is 28.3 Å². The lowest BCUT2D eigenvalue weighted by Crippen LogP contribution is -2.09. The van der Waals surface area contributed by atoms with E-state index in [-0.39, 0.29) is 0 Å². The fourth-order valence-corrected chi connectivity index (χ4v) is 1.32.